The summed E-state index contributed by atoms with van der Waals surface area (Å²) in [6.45, 7) is 6.74. The Hall–Kier alpha value is -2.83. The van der Waals surface area contributed by atoms with Gasteiger partial charge >= 0.3 is 0 Å². The minimum Gasteiger partial charge on any atom is -0.454 e. The van der Waals surface area contributed by atoms with Gasteiger partial charge in [0, 0.05) is 49.5 Å². The molecule has 0 spiro atoms. The van der Waals surface area contributed by atoms with Gasteiger partial charge in [-0.1, -0.05) is 30.3 Å². The molecule has 2 saturated heterocycles. The van der Waals surface area contributed by atoms with Gasteiger partial charge in [0.1, 0.15) is 0 Å². The van der Waals surface area contributed by atoms with Crippen molar-refractivity contribution in [1.82, 2.24) is 19.6 Å². The molecule has 4 heterocycles. The SMILES string of the molecule is c1ccc(Cn2cc(CN3CCN4CCCC4C3)c(-c3ccc4c(c3)OCO4)n2)cc1. The second kappa shape index (κ2) is 8.02. The van der Waals surface area contributed by atoms with Crippen LogP contribution >= 0.6 is 0 Å². The van der Waals surface area contributed by atoms with Crippen LogP contribution in [0.25, 0.3) is 11.3 Å². The zero-order valence-electron chi connectivity index (χ0n) is 17.7. The summed E-state index contributed by atoms with van der Waals surface area (Å²) in [5, 5.41) is 5.02. The quantitative estimate of drug-likeness (QED) is 0.636. The summed E-state index contributed by atoms with van der Waals surface area (Å²) in [7, 11) is 0. The van der Waals surface area contributed by atoms with Crippen LogP contribution in [0.3, 0.4) is 0 Å². The van der Waals surface area contributed by atoms with Gasteiger partial charge in [0.25, 0.3) is 0 Å². The Bertz CT molecular complexity index is 1060. The molecular weight excluding hydrogens is 388 g/mol. The van der Waals surface area contributed by atoms with Gasteiger partial charge in [-0.3, -0.25) is 14.5 Å². The molecule has 6 heteroatoms. The zero-order valence-corrected chi connectivity index (χ0v) is 17.7. The molecule has 2 aromatic carbocycles. The van der Waals surface area contributed by atoms with Crippen molar-refractivity contribution in [2.24, 2.45) is 0 Å². The van der Waals surface area contributed by atoms with Gasteiger partial charge in [-0.25, -0.2) is 0 Å². The Morgan fingerprint density at radius 2 is 1.84 bits per heavy atom. The molecule has 0 amide bonds. The van der Waals surface area contributed by atoms with E-state index in [1.807, 2.05) is 6.07 Å². The third-order valence-corrected chi connectivity index (χ3v) is 6.74. The molecule has 0 bridgehead atoms. The number of hydrogen-bond donors (Lipinski definition) is 0. The van der Waals surface area contributed by atoms with E-state index in [4.69, 9.17) is 14.6 Å². The number of piperazine rings is 1. The molecule has 160 valence electrons. The van der Waals surface area contributed by atoms with Crippen molar-refractivity contribution in [3.63, 3.8) is 0 Å². The van der Waals surface area contributed by atoms with Crippen molar-refractivity contribution >= 4 is 0 Å². The molecule has 0 N–H and O–H groups in total. The molecule has 3 aliphatic rings. The third kappa shape index (κ3) is 3.82. The van der Waals surface area contributed by atoms with Crippen molar-refractivity contribution in [3.8, 4) is 22.8 Å². The largest absolute Gasteiger partial charge is 0.454 e. The highest BCUT2D eigenvalue weighted by atomic mass is 16.7. The molecule has 1 aromatic heterocycles. The first-order chi connectivity index (χ1) is 15.3. The molecule has 0 saturated carbocycles. The topological polar surface area (TPSA) is 42.8 Å². The van der Waals surface area contributed by atoms with Crippen LogP contribution < -0.4 is 9.47 Å². The van der Waals surface area contributed by atoms with Crippen LogP contribution in [0.5, 0.6) is 11.5 Å². The van der Waals surface area contributed by atoms with Gasteiger partial charge in [0.15, 0.2) is 11.5 Å². The first-order valence-corrected chi connectivity index (χ1v) is 11.3. The predicted molar refractivity (Wildman–Crippen MR) is 119 cm³/mol. The smallest absolute Gasteiger partial charge is 0.231 e. The summed E-state index contributed by atoms with van der Waals surface area (Å²) in [6, 6.07) is 17.4. The molecule has 2 fully saturated rings. The lowest BCUT2D eigenvalue weighted by molar-refractivity contribution is 0.0995. The normalized spacial score (nSPS) is 20.8. The Morgan fingerprint density at radius 3 is 2.77 bits per heavy atom. The average Bonchev–Trinajstić information content (AvgIpc) is 3.53. The van der Waals surface area contributed by atoms with Gasteiger partial charge in [0.05, 0.1) is 12.2 Å². The van der Waals surface area contributed by atoms with Crippen LogP contribution in [0.2, 0.25) is 0 Å². The van der Waals surface area contributed by atoms with Gasteiger partial charge in [-0.2, -0.15) is 5.10 Å². The van der Waals surface area contributed by atoms with E-state index in [0.717, 1.165) is 55.0 Å². The Morgan fingerprint density at radius 1 is 0.935 bits per heavy atom. The lowest BCUT2D eigenvalue weighted by atomic mass is 10.1. The molecule has 6 nitrogen and oxygen atoms in total. The monoisotopic (exact) mass is 416 g/mol. The maximum Gasteiger partial charge on any atom is 0.231 e. The van der Waals surface area contributed by atoms with Crippen molar-refractivity contribution in [2.45, 2.75) is 32.0 Å². The number of aromatic nitrogens is 2. The zero-order chi connectivity index (χ0) is 20.6. The Balaban J connectivity index is 1.30. The van der Waals surface area contributed by atoms with Crippen LogP contribution in [0.4, 0.5) is 0 Å². The molecule has 1 unspecified atom stereocenters. The van der Waals surface area contributed by atoms with Crippen molar-refractivity contribution in [3.05, 3.63) is 65.9 Å². The van der Waals surface area contributed by atoms with Crippen LogP contribution in [0, 0.1) is 0 Å². The van der Waals surface area contributed by atoms with E-state index < -0.39 is 0 Å². The summed E-state index contributed by atoms with van der Waals surface area (Å²) in [6.07, 6.45) is 4.91. The van der Waals surface area contributed by atoms with E-state index in [1.165, 1.54) is 37.1 Å². The fraction of sp³-hybridized carbons (Fsp3) is 0.400. The van der Waals surface area contributed by atoms with E-state index in [-0.39, 0.29) is 0 Å². The molecule has 1 atom stereocenters. The Kier molecular flexibility index (Phi) is 4.89. The van der Waals surface area contributed by atoms with Gasteiger partial charge in [-0.05, 0) is 43.1 Å². The third-order valence-electron chi connectivity index (χ3n) is 6.74. The Labute approximate surface area is 183 Å². The van der Waals surface area contributed by atoms with Crippen LogP contribution in [-0.2, 0) is 13.1 Å². The standard InChI is InChI=1S/C25H28N4O2/c1-2-5-19(6-3-1)14-29-16-21(15-27-11-12-28-10-4-7-22(28)17-27)25(26-29)20-8-9-23-24(13-20)31-18-30-23/h1-3,5-6,8-9,13,16,22H,4,7,10-12,14-15,17-18H2. The highest BCUT2D eigenvalue weighted by Gasteiger charge is 2.31. The molecule has 0 aliphatic carbocycles. The summed E-state index contributed by atoms with van der Waals surface area (Å²) < 4.78 is 13.2. The molecule has 31 heavy (non-hydrogen) atoms. The molecule has 3 aromatic rings. The number of fused-ring (bicyclic) bond motifs is 2. The first kappa shape index (κ1) is 18.9. The number of benzene rings is 2. The van der Waals surface area contributed by atoms with Gasteiger partial charge < -0.3 is 9.47 Å². The van der Waals surface area contributed by atoms with E-state index in [0.29, 0.717) is 6.79 Å². The minimum absolute atomic E-state index is 0.291. The highest BCUT2D eigenvalue weighted by molar-refractivity contribution is 5.67. The summed E-state index contributed by atoms with van der Waals surface area (Å²) in [5.41, 5.74) is 4.67. The van der Waals surface area contributed by atoms with Crippen LogP contribution in [0.1, 0.15) is 24.0 Å². The second-order valence-corrected chi connectivity index (χ2v) is 8.82. The van der Waals surface area contributed by atoms with E-state index in [1.54, 1.807) is 0 Å². The second-order valence-electron chi connectivity index (χ2n) is 8.82. The maximum absolute atomic E-state index is 5.63. The highest BCUT2D eigenvalue weighted by Crippen LogP contribution is 2.37. The lowest BCUT2D eigenvalue weighted by Crippen LogP contribution is -2.49. The number of rotatable bonds is 5. The van der Waals surface area contributed by atoms with Crippen LogP contribution in [-0.4, -0.2) is 58.6 Å². The van der Waals surface area contributed by atoms with Gasteiger partial charge in [0.2, 0.25) is 6.79 Å². The molecule has 6 rings (SSSR count). The summed E-state index contributed by atoms with van der Waals surface area (Å²) >= 11 is 0. The van der Waals surface area contributed by atoms with E-state index >= 15 is 0 Å². The number of hydrogen-bond acceptors (Lipinski definition) is 5. The molecular formula is C25H28N4O2. The maximum atomic E-state index is 5.63. The lowest BCUT2D eigenvalue weighted by Gasteiger charge is -2.37. The van der Waals surface area contributed by atoms with E-state index in [2.05, 4.69) is 63.1 Å². The van der Waals surface area contributed by atoms with Crippen LogP contribution in [0.15, 0.2) is 54.7 Å². The first-order valence-electron chi connectivity index (χ1n) is 11.3. The van der Waals surface area contributed by atoms with Crippen molar-refractivity contribution < 1.29 is 9.47 Å². The predicted octanol–water partition coefficient (Wildman–Crippen LogP) is 3.61. The molecule has 0 radical (unpaired) electrons. The van der Waals surface area contributed by atoms with Gasteiger partial charge in [-0.15, -0.1) is 0 Å². The van der Waals surface area contributed by atoms with E-state index in [9.17, 15) is 0 Å². The van der Waals surface area contributed by atoms with Crippen molar-refractivity contribution in [1.29, 1.82) is 0 Å². The fourth-order valence-corrected chi connectivity index (χ4v) is 5.16. The molecule has 3 aliphatic heterocycles. The fourth-order valence-electron chi connectivity index (χ4n) is 5.16. The summed E-state index contributed by atoms with van der Waals surface area (Å²) in [5.74, 6) is 1.62. The number of nitrogens with zero attached hydrogens (tertiary/aromatic N) is 4. The number of ether oxygens (including phenoxy) is 2. The van der Waals surface area contributed by atoms with Crippen molar-refractivity contribution in [2.75, 3.05) is 33.0 Å². The minimum atomic E-state index is 0.291. The average molecular weight is 417 g/mol. The summed E-state index contributed by atoms with van der Waals surface area (Å²) in [4.78, 5) is 5.26.